The van der Waals surface area contributed by atoms with Gasteiger partial charge in [-0.05, 0) is 84.7 Å². The van der Waals surface area contributed by atoms with Crippen molar-refractivity contribution in [2.24, 2.45) is 11.8 Å². The maximum atomic E-state index is 13.0. The lowest BCUT2D eigenvalue weighted by Crippen LogP contribution is -2.40. The molecule has 0 bridgehead atoms. The van der Waals surface area contributed by atoms with Crippen LogP contribution in [0.3, 0.4) is 0 Å². The molecule has 2 N–H and O–H groups in total. The van der Waals surface area contributed by atoms with E-state index in [4.69, 9.17) is 4.98 Å². The number of amides is 2. The van der Waals surface area contributed by atoms with E-state index in [1.165, 1.54) is 13.2 Å². The van der Waals surface area contributed by atoms with Gasteiger partial charge in [0.2, 0.25) is 5.91 Å². The predicted molar refractivity (Wildman–Crippen MR) is 197 cm³/mol. The van der Waals surface area contributed by atoms with Crippen LogP contribution in [-0.4, -0.2) is 61.0 Å². The second-order valence-electron chi connectivity index (χ2n) is 12.3. The van der Waals surface area contributed by atoms with Crippen molar-refractivity contribution in [2.75, 3.05) is 20.2 Å². The Labute approximate surface area is 305 Å². The zero-order valence-electron chi connectivity index (χ0n) is 27.3. The number of aromatic amines is 1. The van der Waals surface area contributed by atoms with Gasteiger partial charge in [-0.1, -0.05) is 32.9 Å². The molecule has 2 amide bonds. The predicted octanol–water partition coefficient (Wildman–Crippen LogP) is 7.71. The number of H-pyrrole nitrogens is 1. The third-order valence-electron chi connectivity index (χ3n) is 8.32. The molecule has 2 aromatic carbocycles. The van der Waals surface area contributed by atoms with E-state index < -0.39 is 21.7 Å². The molecular formula is C31H41F3N4O6S5. The molecule has 18 heteroatoms. The van der Waals surface area contributed by atoms with Gasteiger partial charge in [-0.25, -0.2) is 9.78 Å². The van der Waals surface area contributed by atoms with Gasteiger partial charge >= 0.3 is 21.7 Å². The number of nitrogens with zero attached hydrogens (tertiary/aromatic N) is 2. The average Bonchev–Trinajstić information content (AvgIpc) is 3.76. The minimum atomic E-state index is -5.79. The van der Waals surface area contributed by atoms with Gasteiger partial charge in [0, 0.05) is 12.1 Å². The number of aromatic nitrogens is 2. The highest BCUT2D eigenvalue weighted by Gasteiger charge is 2.50. The Kier molecular flexibility index (Phi) is 14.8. The summed E-state index contributed by atoms with van der Waals surface area (Å²) in [5.41, 5.74) is -1.14. The highest BCUT2D eigenvalue weighted by Crippen LogP contribution is 2.56. The van der Waals surface area contributed by atoms with Crippen molar-refractivity contribution in [1.82, 2.24) is 20.2 Å². The number of fused-ring (bicyclic) bond motifs is 4. The number of thiol groups is 4. The number of hydrogen-bond acceptors (Lipinski definition) is 11. The largest absolute Gasteiger partial charge is 0.534 e. The van der Waals surface area contributed by atoms with Crippen molar-refractivity contribution in [3.63, 3.8) is 0 Å². The van der Waals surface area contributed by atoms with Crippen LogP contribution in [0.15, 0.2) is 30.3 Å². The van der Waals surface area contributed by atoms with E-state index in [1.54, 1.807) is 11.0 Å². The number of ether oxygens (including phenoxy) is 1. The number of alkyl halides is 3. The highest BCUT2D eigenvalue weighted by molar-refractivity contribution is 8.59. The zero-order chi connectivity index (χ0) is 36.7. The Morgan fingerprint density at radius 1 is 1.08 bits per heavy atom. The number of carbonyl (C=O) groups is 2. The second-order valence-corrected chi connectivity index (χ2v) is 13.8. The average molecular weight is 783 g/mol. The van der Waals surface area contributed by atoms with Crippen LogP contribution in [0.1, 0.15) is 75.4 Å². The molecule has 2 heterocycles. The molecule has 6 rings (SSSR count). The molecule has 10 nitrogen and oxygen atoms in total. The minimum absolute atomic E-state index is 0.127. The minimum Gasteiger partial charge on any atom is -0.453 e. The molecule has 3 aromatic rings. The van der Waals surface area contributed by atoms with Crippen LogP contribution in [0.4, 0.5) is 18.0 Å². The third kappa shape index (κ3) is 9.48. The highest BCUT2D eigenvalue weighted by atomic mass is 33.1. The SMILES string of the molecule is CC(C)C.COC(=O)NCC(=O)N1CCCC1c1nc2ccc(-c3ccc(OS(=O)(=O)C(F)(F)F)c4c3C3CCC3C4)cc2[nH]1.SS.SS. The van der Waals surface area contributed by atoms with Crippen LogP contribution in [0.25, 0.3) is 22.2 Å². The molecule has 1 aromatic heterocycles. The normalized spacial score (nSPS) is 19.2. The van der Waals surface area contributed by atoms with Gasteiger partial charge in [0.15, 0.2) is 0 Å². The summed E-state index contributed by atoms with van der Waals surface area (Å²) in [4.78, 5) is 33.8. The lowest BCUT2D eigenvalue weighted by molar-refractivity contribution is -0.131. The first-order valence-corrected chi connectivity index (χ1v) is 20.0. The number of benzene rings is 2. The summed E-state index contributed by atoms with van der Waals surface area (Å²) in [6.45, 7) is 6.84. The van der Waals surface area contributed by atoms with Crippen molar-refractivity contribution in [2.45, 2.75) is 70.3 Å². The van der Waals surface area contributed by atoms with Gasteiger partial charge in [0.05, 0.1) is 24.2 Å². The van der Waals surface area contributed by atoms with E-state index in [1.807, 2.05) is 18.2 Å². The quantitative estimate of drug-likeness (QED) is 0.0654. The molecule has 3 aliphatic rings. The number of imidazole rings is 1. The molecule has 49 heavy (non-hydrogen) atoms. The number of methoxy groups -OCH3 is 1. The van der Waals surface area contributed by atoms with Gasteiger partial charge in [0.1, 0.15) is 18.1 Å². The van der Waals surface area contributed by atoms with E-state index in [0.29, 0.717) is 36.3 Å². The van der Waals surface area contributed by atoms with Crippen LogP contribution in [-0.2, 0) is 26.1 Å². The van der Waals surface area contributed by atoms with Gasteiger partial charge in [-0.15, -0.1) is 46.6 Å². The number of halogens is 3. The van der Waals surface area contributed by atoms with Crippen molar-refractivity contribution in [3.8, 4) is 16.9 Å². The summed E-state index contributed by atoms with van der Waals surface area (Å²) < 4.78 is 71.7. The summed E-state index contributed by atoms with van der Waals surface area (Å²) in [7, 11) is -4.56. The molecule has 1 saturated heterocycles. The third-order valence-corrected chi connectivity index (χ3v) is 9.29. The molecule has 3 unspecified atom stereocenters. The van der Waals surface area contributed by atoms with E-state index in [2.05, 4.69) is 86.6 Å². The fourth-order valence-corrected chi connectivity index (χ4v) is 6.74. The monoisotopic (exact) mass is 782 g/mol. The fraction of sp³-hybridized carbons (Fsp3) is 0.516. The summed E-state index contributed by atoms with van der Waals surface area (Å²) in [5, 5.41) is 2.41. The number of hydrogen-bond donors (Lipinski definition) is 6. The first-order valence-electron chi connectivity index (χ1n) is 15.4. The van der Waals surface area contributed by atoms with Gasteiger partial charge in [-0.3, -0.25) is 4.79 Å². The lowest BCUT2D eigenvalue weighted by atomic mass is 9.73. The molecule has 0 radical (unpaired) electrons. The Balaban J connectivity index is 0.000000747. The van der Waals surface area contributed by atoms with Crippen LogP contribution in [0.5, 0.6) is 5.75 Å². The second kappa shape index (κ2) is 17.7. The molecule has 2 aliphatic carbocycles. The molecule has 1 saturated carbocycles. The first kappa shape index (κ1) is 41.0. The van der Waals surface area contributed by atoms with E-state index in [0.717, 1.165) is 47.4 Å². The topological polar surface area (TPSA) is 131 Å². The van der Waals surface area contributed by atoms with E-state index in [-0.39, 0.29) is 36.1 Å². The molecule has 3 atom stereocenters. The number of carbonyl (C=O) groups excluding carboxylic acids is 2. The Morgan fingerprint density at radius 2 is 1.76 bits per heavy atom. The molecule has 0 spiro atoms. The van der Waals surface area contributed by atoms with Crippen molar-refractivity contribution in [3.05, 3.63) is 47.3 Å². The van der Waals surface area contributed by atoms with Gasteiger partial charge in [-0.2, -0.15) is 21.6 Å². The Hall–Kier alpha value is -2.41. The van der Waals surface area contributed by atoms with Crippen molar-refractivity contribution in [1.29, 1.82) is 0 Å². The van der Waals surface area contributed by atoms with Crippen LogP contribution in [0, 0.1) is 11.8 Å². The summed E-state index contributed by atoms with van der Waals surface area (Å²) in [6.07, 6.45) is 3.04. The number of alkyl carbamates (subject to hydrolysis) is 1. The Morgan fingerprint density at radius 3 is 2.35 bits per heavy atom. The zero-order valence-corrected chi connectivity index (χ0v) is 31.7. The van der Waals surface area contributed by atoms with Crippen molar-refractivity contribution >= 4 is 79.8 Å². The van der Waals surface area contributed by atoms with Crippen LogP contribution < -0.4 is 9.50 Å². The standard InChI is InChI=1S/C27H27F3N4O6S.C4H10.2H2S2/c1-39-26(36)31-13-23(35)34-10-2-3-21(34)25-32-19-8-5-15(12-20(19)33-25)17-7-9-22(40-41(37,38)27(28,29)30)18-11-14-4-6-16(14)24(17)18;1-4(2)3;2*1-2/h5,7-9,12,14,16,21H,2-4,6,10-11,13H2,1H3,(H,31,36)(H,32,33);4H,1-3H3;2*1-2H. The maximum absolute atomic E-state index is 13.0. The van der Waals surface area contributed by atoms with E-state index >= 15 is 0 Å². The first-order chi connectivity index (χ1) is 23.2. The lowest BCUT2D eigenvalue weighted by Gasteiger charge is -2.31. The molecule has 272 valence electrons. The Bertz CT molecular complexity index is 1720. The number of rotatable bonds is 6. The van der Waals surface area contributed by atoms with Gasteiger partial charge < -0.3 is 24.1 Å². The van der Waals surface area contributed by atoms with Crippen LogP contribution >= 0.6 is 46.6 Å². The molecule has 1 aliphatic heterocycles. The van der Waals surface area contributed by atoms with Crippen molar-refractivity contribution < 1.29 is 40.1 Å². The molecule has 2 fully saturated rings. The summed E-state index contributed by atoms with van der Waals surface area (Å²) in [6, 6.07) is 8.24. The van der Waals surface area contributed by atoms with Gasteiger partial charge in [0.25, 0.3) is 0 Å². The van der Waals surface area contributed by atoms with E-state index in [9.17, 15) is 31.2 Å². The summed E-state index contributed by atoms with van der Waals surface area (Å²) in [5.74, 6) is 1.30. The smallest absolute Gasteiger partial charge is 0.453 e. The van der Waals surface area contributed by atoms with Crippen LogP contribution in [0.2, 0.25) is 0 Å². The number of likely N-dealkylation sites (tertiary alicyclic amines) is 1. The maximum Gasteiger partial charge on any atom is 0.534 e. The number of nitrogens with one attached hydrogen (secondary N) is 2. The summed E-state index contributed by atoms with van der Waals surface area (Å²) >= 11 is 12.9. The fourth-order valence-electron chi connectivity index (χ4n) is 6.26. The molecular weight excluding hydrogens is 742 g/mol.